The average molecular weight is 887 g/mol. The number of Topliss-reactive ketones (excluding diaryl/α,β-unsaturated/α-hetero) is 1. The standard InChI is InChI=1S/C53H74O11/c1-7-9-11-13-15-16-17-18-19-20-21-23-28-32-41(54)59-35-49-45(61-49)42-46-52(36(3)4)44(60-47(56)39-30-26-25-27-31-39)38(6)53(42,40-34-37(5)43(55)51(40,58)48(49)57)64-50(62-46,63-52)33-29-24-22-14-12-10-8-2/h22,24-27,29-31,33-34,38,40,42,44-46,48,57-58H,3,7-21,23,28,32,35H2,1-2,4-6H3/t38-,40-,42+,44-,45+,46-,48-,49+,50-,51-,52+,53+/m1/s1. The zero-order chi connectivity index (χ0) is 45.8. The van der Waals surface area contributed by atoms with E-state index in [-0.39, 0.29) is 12.0 Å². The number of fused-ring (bicyclic) bond motifs is 3. The molecule has 1 aromatic carbocycles. The van der Waals surface area contributed by atoms with Crippen molar-refractivity contribution in [2.24, 2.45) is 17.8 Å². The molecule has 5 fully saturated rings. The van der Waals surface area contributed by atoms with Crippen molar-refractivity contribution in [3.05, 3.63) is 84.0 Å². The molecule has 3 bridgehead atoms. The van der Waals surface area contributed by atoms with Crippen LogP contribution in [-0.4, -0.2) is 87.3 Å². The number of ether oxygens (including phenoxy) is 6. The first-order chi connectivity index (χ1) is 30.8. The van der Waals surface area contributed by atoms with Crippen LogP contribution in [0.2, 0.25) is 0 Å². The Labute approximate surface area is 381 Å². The van der Waals surface area contributed by atoms with Crippen LogP contribution in [0.5, 0.6) is 0 Å². The van der Waals surface area contributed by atoms with E-state index in [1.165, 1.54) is 57.8 Å². The maximum absolute atomic E-state index is 14.4. The Morgan fingerprint density at radius 1 is 0.844 bits per heavy atom. The largest absolute Gasteiger partial charge is 0.462 e. The van der Waals surface area contributed by atoms with E-state index >= 15 is 0 Å². The number of hydrogen-bond acceptors (Lipinski definition) is 11. The van der Waals surface area contributed by atoms with Crippen LogP contribution in [-0.2, 0) is 38.0 Å². The summed E-state index contributed by atoms with van der Waals surface area (Å²) in [7, 11) is 0. The van der Waals surface area contributed by atoms with E-state index in [2.05, 4.69) is 26.5 Å². The minimum Gasteiger partial charge on any atom is -0.462 e. The molecule has 1 aromatic rings. The summed E-state index contributed by atoms with van der Waals surface area (Å²) >= 11 is 0. The first kappa shape index (κ1) is 48.5. The van der Waals surface area contributed by atoms with Gasteiger partial charge in [0.2, 0.25) is 0 Å². The summed E-state index contributed by atoms with van der Waals surface area (Å²) in [5.74, 6) is -6.43. The SMILES string of the molecule is C=C(C)[C@@]12O[C@@]3(C=CC=CCCCCC)O[C@@H]1[C@@H]1[C@@H]4O[C@]4(COC(=O)CCCCCCCCCCCCCCC)[C@@H](O)[C@]4(O)C(=O)C(C)=C[C@H]4[C@@]1(O3)[C@H](C)[C@H]2OC(=O)c1ccccc1. The molecule has 64 heavy (non-hydrogen) atoms. The van der Waals surface area contributed by atoms with Gasteiger partial charge >= 0.3 is 17.9 Å². The second kappa shape index (κ2) is 20.2. The van der Waals surface area contributed by atoms with Crippen molar-refractivity contribution in [1.82, 2.24) is 0 Å². The van der Waals surface area contributed by atoms with Crippen LogP contribution in [0.1, 0.15) is 161 Å². The van der Waals surface area contributed by atoms with Gasteiger partial charge in [-0.25, -0.2) is 4.79 Å². The highest BCUT2D eigenvalue weighted by molar-refractivity contribution is 6.05. The van der Waals surface area contributed by atoms with E-state index < -0.39 is 94.9 Å². The van der Waals surface area contributed by atoms with Crippen LogP contribution in [0.3, 0.4) is 0 Å². The number of aliphatic hydroxyl groups excluding tert-OH is 1. The van der Waals surface area contributed by atoms with Gasteiger partial charge in [-0.2, -0.15) is 0 Å². The summed E-state index contributed by atoms with van der Waals surface area (Å²) in [5, 5.41) is 25.4. The van der Waals surface area contributed by atoms with Crippen molar-refractivity contribution in [1.29, 1.82) is 0 Å². The third-order valence-electron chi connectivity index (χ3n) is 15.2. The highest BCUT2D eigenvalue weighted by Crippen LogP contribution is 2.73. The number of carbonyl (C=O) groups is 3. The molecule has 11 nitrogen and oxygen atoms in total. The predicted octanol–water partition coefficient (Wildman–Crippen LogP) is 9.74. The van der Waals surface area contributed by atoms with Crippen LogP contribution in [0.25, 0.3) is 0 Å². The number of hydrogen-bond donors (Lipinski definition) is 2. The van der Waals surface area contributed by atoms with Crippen molar-refractivity contribution in [2.75, 3.05) is 6.61 Å². The molecule has 0 amide bonds. The molecule has 11 heteroatoms. The summed E-state index contributed by atoms with van der Waals surface area (Å²) in [6, 6.07) is 8.63. The molecule has 0 spiro atoms. The lowest BCUT2D eigenvalue weighted by Gasteiger charge is -2.61. The molecule has 2 saturated carbocycles. The second-order valence-corrected chi connectivity index (χ2v) is 19.6. The molecule has 352 valence electrons. The third kappa shape index (κ3) is 8.67. The Morgan fingerprint density at radius 3 is 2.11 bits per heavy atom. The fraction of sp³-hybridized carbons (Fsp3) is 0.679. The van der Waals surface area contributed by atoms with Gasteiger partial charge in [0.1, 0.15) is 31.0 Å². The second-order valence-electron chi connectivity index (χ2n) is 19.6. The number of ketones is 1. The number of epoxide rings is 1. The fourth-order valence-electron chi connectivity index (χ4n) is 11.8. The topological polar surface area (TPSA) is 150 Å². The number of aliphatic hydroxyl groups is 2. The zero-order valence-electron chi connectivity index (χ0n) is 39.0. The average Bonchev–Trinajstić information content (AvgIpc) is 3.90. The molecule has 6 aliphatic rings. The number of unbranched alkanes of at least 4 members (excludes halogenated alkanes) is 15. The van der Waals surface area contributed by atoms with E-state index in [9.17, 15) is 24.6 Å². The van der Waals surface area contributed by atoms with E-state index in [1.807, 2.05) is 19.1 Å². The minimum absolute atomic E-state index is 0.198. The van der Waals surface area contributed by atoms with E-state index in [0.717, 1.165) is 44.9 Å². The van der Waals surface area contributed by atoms with Crippen molar-refractivity contribution < 1.29 is 53.0 Å². The number of esters is 2. The fourth-order valence-corrected chi connectivity index (χ4v) is 11.8. The molecule has 0 unspecified atom stereocenters. The molecule has 3 aliphatic heterocycles. The van der Waals surface area contributed by atoms with Crippen LogP contribution in [0.4, 0.5) is 0 Å². The summed E-state index contributed by atoms with van der Waals surface area (Å²) in [4.78, 5) is 41.8. The zero-order valence-corrected chi connectivity index (χ0v) is 39.0. The summed E-state index contributed by atoms with van der Waals surface area (Å²) in [6.07, 6.45) is 24.0. The molecule has 0 aromatic heterocycles. The first-order valence-corrected chi connectivity index (χ1v) is 24.6. The minimum atomic E-state index is -2.47. The highest BCUT2D eigenvalue weighted by Gasteiger charge is 2.90. The van der Waals surface area contributed by atoms with Gasteiger partial charge in [0.05, 0.1) is 11.2 Å². The summed E-state index contributed by atoms with van der Waals surface area (Å²) in [6.45, 7) is 13.7. The van der Waals surface area contributed by atoms with Gasteiger partial charge < -0.3 is 38.6 Å². The number of carbonyl (C=O) groups excluding carboxylic acids is 3. The normalized spacial score (nSPS) is 36.7. The van der Waals surface area contributed by atoms with Crippen LogP contribution >= 0.6 is 0 Å². The predicted molar refractivity (Wildman–Crippen MR) is 243 cm³/mol. The Morgan fingerprint density at radius 2 is 1.47 bits per heavy atom. The van der Waals surface area contributed by atoms with Crippen molar-refractivity contribution in [3.63, 3.8) is 0 Å². The Hall–Kier alpha value is -3.45. The van der Waals surface area contributed by atoms with Crippen molar-refractivity contribution in [2.45, 2.75) is 203 Å². The van der Waals surface area contributed by atoms with Crippen LogP contribution < -0.4 is 0 Å². The molecule has 3 saturated heterocycles. The molecule has 2 N–H and O–H groups in total. The van der Waals surface area contributed by atoms with Gasteiger partial charge in [0.15, 0.2) is 22.6 Å². The molecular formula is C53H74O11. The van der Waals surface area contributed by atoms with Crippen molar-refractivity contribution in [3.8, 4) is 0 Å². The number of rotatable bonds is 25. The molecule has 0 radical (unpaired) electrons. The van der Waals surface area contributed by atoms with Crippen LogP contribution in [0, 0.1) is 17.8 Å². The van der Waals surface area contributed by atoms with Gasteiger partial charge in [-0.15, -0.1) is 0 Å². The molecule has 12 atom stereocenters. The van der Waals surface area contributed by atoms with E-state index in [4.69, 9.17) is 28.4 Å². The molecule has 3 heterocycles. The maximum Gasteiger partial charge on any atom is 0.338 e. The van der Waals surface area contributed by atoms with Gasteiger partial charge in [0, 0.05) is 30.3 Å². The van der Waals surface area contributed by atoms with Gasteiger partial charge in [-0.3, -0.25) is 9.59 Å². The van der Waals surface area contributed by atoms with Crippen molar-refractivity contribution >= 4 is 17.7 Å². The molecular weight excluding hydrogens is 813 g/mol. The number of benzene rings is 1. The lowest BCUT2D eigenvalue weighted by atomic mass is 9.53. The lowest BCUT2D eigenvalue weighted by Crippen LogP contribution is -2.76. The van der Waals surface area contributed by atoms with Crippen LogP contribution in [0.15, 0.2) is 78.4 Å². The summed E-state index contributed by atoms with van der Waals surface area (Å²) < 4.78 is 40.2. The Kier molecular flexibility index (Phi) is 15.3. The third-order valence-corrected chi connectivity index (χ3v) is 15.2. The quantitative estimate of drug-likeness (QED) is 0.0318. The Bertz CT molecular complexity index is 1920. The highest BCUT2D eigenvalue weighted by atomic mass is 16.9. The van der Waals surface area contributed by atoms with E-state index in [0.29, 0.717) is 17.6 Å². The monoisotopic (exact) mass is 887 g/mol. The van der Waals surface area contributed by atoms with E-state index in [1.54, 1.807) is 56.3 Å². The first-order valence-electron chi connectivity index (χ1n) is 24.6. The lowest BCUT2D eigenvalue weighted by molar-refractivity contribution is -0.407. The number of allylic oxidation sites excluding steroid dienone is 3. The molecule has 7 rings (SSSR count). The molecule has 3 aliphatic carbocycles. The van der Waals surface area contributed by atoms with Gasteiger partial charge in [-0.05, 0) is 56.4 Å². The van der Waals surface area contributed by atoms with Gasteiger partial charge in [0.25, 0.3) is 0 Å². The summed E-state index contributed by atoms with van der Waals surface area (Å²) in [5.41, 5.74) is -6.20. The Balaban J connectivity index is 1.13. The van der Waals surface area contributed by atoms with Gasteiger partial charge in [-0.1, -0.05) is 160 Å². The maximum atomic E-state index is 14.4. The smallest absolute Gasteiger partial charge is 0.338 e.